The number of nitrogens with one attached hydrogen (secondary N) is 1. The summed E-state index contributed by atoms with van der Waals surface area (Å²) in [4.78, 5) is 13.3. The molecular weight excluding hydrogens is 369 g/mol. The molecule has 0 aliphatic carbocycles. The van der Waals surface area contributed by atoms with Gasteiger partial charge in [0.15, 0.2) is 11.5 Å². The van der Waals surface area contributed by atoms with Crippen LogP contribution in [0.1, 0.15) is 6.92 Å². The Balaban J connectivity index is 2.09. The van der Waals surface area contributed by atoms with Gasteiger partial charge in [-0.25, -0.2) is 0 Å². The van der Waals surface area contributed by atoms with Gasteiger partial charge in [-0.15, -0.1) is 11.8 Å². The minimum atomic E-state index is -0.351. The van der Waals surface area contributed by atoms with E-state index in [1.54, 1.807) is 38.5 Å². The van der Waals surface area contributed by atoms with Crippen molar-refractivity contribution < 1.29 is 14.3 Å². The zero-order valence-electron chi connectivity index (χ0n) is 13.4. The van der Waals surface area contributed by atoms with E-state index in [4.69, 9.17) is 32.7 Å². The van der Waals surface area contributed by atoms with Gasteiger partial charge in [0.05, 0.1) is 35.2 Å². The van der Waals surface area contributed by atoms with Gasteiger partial charge in [0.1, 0.15) is 0 Å². The first-order valence-corrected chi connectivity index (χ1v) is 8.73. The highest BCUT2D eigenvalue weighted by Crippen LogP contribution is 2.35. The molecule has 128 valence electrons. The van der Waals surface area contributed by atoms with Crippen LogP contribution in [0.5, 0.6) is 11.5 Å². The normalized spacial score (nSPS) is 11.7. The van der Waals surface area contributed by atoms with Crippen molar-refractivity contribution in [1.82, 2.24) is 0 Å². The first-order chi connectivity index (χ1) is 11.5. The van der Waals surface area contributed by atoms with Crippen LogP contribution in [0.15, 0.2) is 41.3 Å². The van der Waals surface area contributed by atoms with Crippen molar-refractivity contribution in [2.75, 3.05) is 19.5 Å². The van der Waals surface area contributed by atoms with Gasteiger partial charge in [0, 0.05) is 4.90 Å². The lowest BCUT2D eigenvalue weighted by atomic mass is 10.3. The Morgan fingerprint density at radius 3 is 2.29 bits per heavy atom. The molecule has 0 saturated heterocycles. The standard InChI is InChI=1S/C17H17Cl2NO3S/c1-10(17(21)20-16-12(18)5-4-6-13(16)19)24-11-7-8-14(22-2)15(9-11)23-3/h4-10H,1-3H3,(H,20,21)/t10-/m0/s1. The summed E-state index contributed by atoms with van der Waals surface area (Å²) in [6.45, 7) is 1.81. The van der Waals surface area contributed by atoms with Gasteiger partial charge in [-0.2, -0.15) is 0 Å². The Morgan fingerprint density at radius 2 is 1.71 bits per heavy atom. The van der Waals surface area contributed by atoms with E-state index in [-0.39, 0.29) is 11.2 Å². The van der Waals surface area contributed by atoms with Gasteiger partial charge < -0.3 is 14.8 Å². The van der Waals surface area contributed by atoms with E-state index < -0.39 is 0 Å². The van der Waals surface area contributed by atoms with E-state index in [1.807, 2.05) is 19.1 Å². The number of rotatable bonds is 6. The van der Waals surface area contributed by atoms with Crippen molar-refractivity contribution in [2.24, 2.45) is 0 Å². The fourth-order valence-electron chi connectivity index (χ4n) is 1.99. The summed E-state index contributed by atoms with van der Waals surface area (Å²) in [7, 11) is 3.15. The van der Waals surface area contributed by atoms with Crippen LogP contribution in [0.25, 0.3) is 0 Å². The number of carbonyl (C=O) groups is 1. The van der Waals surface area contributed by atoms with Gasteiger partial charge in [-0.3, -0.25) is 4.79 Å². The maximum absolute atomic E-state index is 12.4. The number of ether oxygens (including phenoxy) is 2. The van der Waals surface area contributed by atoms with Crippen LogP contribution < -0.4 is 14.8 Å². The van der Waals surface area contributed by atoms with Crippen LogP contribution in [0.2, 0.25) is 10.0 Å². The molecule has 0 spiro atoms. The molecule has 4 nitrogen and oxygen atoms in total. The Morgan fingerprint density at radius 1 is 1.08 bits per heavy atom. The fourth-order valence-corrected chi connectivity index (χ4v) is 3.38. The van der Waals surface area contributed by atoms with Crippen LogP contribution in [-0.2, 0) is 4.79 Å². The van der Waals surface area contributed by atoms with Gasteiger partial charge in [0.25, 0.3) is 0 Å². The van der Waals surface area contributed by atoms with Crippen LogP contribution in [-0.4, -0.2) is 25.4 Å². The molecule has 7 heteroatoms. The molecule has 0 bridgehead atoms. The van der Waals surface area contributed by atoms with E-state index >= 15 is 0 Å². The minimum Gasteiger partial charge on any atom is -0.493 e. The van der Waals surface area contributed by atoms with Crippen LogP contribution in [0.4, 0.5) is 5.69 Å². The molecule has 0 aliphatic heterocycles. The summed E-state index contributed by atoms with van der Waals surface area (Å²) < 4.78 is 10.5. The highest BCUT2D eigenvalue weighted by molar-refractivity contribution is 8.00. The Hall–Kier alpha value is -1.56. The maximum Gasteiger partial charge on any atom is 0.237 e. The number of hydrogen-bond donors (Lipinski definition) is 1. The monoisotopic (exact) mass is 385 g/mol. The predicted molar refractivity (Wildman–Crippen MR) is 100.0 cm³/mol. The summed E-state index contributed by atoms with van der Waals surface area (Å²) in [5, 5.41) is 3.22. The summed E-state index contributed by atoms with van der Waals surface area (Å²) >= 11 is 13.5. The lowest BCUT2D eigenvalue weighted by Gasteiger charge is -2.15. The second-order valence-corrected chi connectivity index (χ2v) is 7.09. The number of para-hydroxylation sites is 1. The molecule has 24 heavy (non-hydrogen) atoms. The molecule has 1 amide bonds. The SMILES string of the molecule is COc1ccc(S[C@@H](C)C(=O)Nc2c(Cl)cccc2Cl)cc1OC. The van der Waals surface area contributed by atoms with Crippen LogP contribution in [0, 0.1) is 0 Å². The summed E-state index contributed by atoms with van der Waals surface area (Å²) in [5.41, 5.74) is 0.422. The molecule has 0 aliphatic rings. The average molecular weight is 386 g/mol. The minimum absolute atomic E-state index is 0.190. The predicted octanol–water partition coefficient (Wildman–Crippen LogP) is 5.13. The first kappa shape index (κ1) is 18.8. The van der Waals surface area contributed by atoms with Gasteiger partial charge in [-0.05, 0) is 37.3 Å². The molecular formula is C17H17Cl2NO3S. The van der Waals surface area contributed by atoms with E-state index in [0.717, 1.165) is 4.90 Å². The van der Waals surface area contributed by atoms with E-state index in [2.05, 4.69) is 5.32 Å². The van der Waals surface area contributed by atoms with Crippen molar-refractivity contribution in [1.29, 1.82) is 0 Å². The zero-order valence-corrected chi connectivity index (χ0v) is 15.8. The first-order valence-electron chi connectivity index (χ1n) is 7.09. The largest absolute Gasteiger partial charge is 0.493 e. The Bertz CT molecular complexity index is 720. The molecule has 0 unspecified atom stereocenters. The molecule has 1 atom stereocenters. The van der Waals surface area contributed by atoms with Crippen molar-refractivity contribution in [3.63, 3.8) is 0 Å². The van der Waals surface area contributed by atoms with Crippen molar-refractivity contribution >= 4 is 46.6 Å². The third-order valence-corrected chi connectivity index (χ3v) is 4.97. The topological polar surface area (TPSA) is 47.6 Å². The lowest BCUT2D eigenvalue weighted by Crippen LogP contribution is -2.22. The molecule has 1 N–H and O–H groups in total. The maximum atomic E-state index is 12.4. The Labute approximate surface area is 155 Å². The lowest BCUT2D eigenvalue weighted by molar-refractivity contribution is -0.115. The fraction of sp³-hybridized carbons (Fsp3) is 0.235. The molecule has 2 aromatic rings. The van der Waals surface area contributed by atoms with Crippen molar-refractivity contribution in [3.05, 3.63) is 46.4 Å². The molecule has 2 aromatic carbocycles. The molecule has 2 rings (SSSR count). The molecule has 0 heterocycles. The van der Waals surface area contributed by atoms with Crippen molar-refractivity contribution in [3.8, 4) is 11.5 Å². The van der Waals surface area contributed by atoms with Gasteiger partial charge >= 0.3 is 0 Å². The highest BCUT2D eigenvalue weighted by atomic mass is 35.5. The molecule has 0 fully saturated rings. The number of benzene rings is 2. The number of hydrogen-bond acceptors (Lipinski definition) is 4. The second kappa shape index (κ2) is 8.51. The highest BCUT2D eigenvalue weighted by Gasteiger charge is 2.18. The van der Waals surface area contributed by atoms with E-state index in [9.17, 15) is 4.79 Å². The molecule has 0 radical (unpaired) electrons. The Kier molecular flexibility index (Phi) is 6.66. The quantitative estimate of drug-likeness (QED) is 0.700. The van der Waals surface area contributed by atoms with Crippen LogP contribution in [0.3, 0.4) is 0 Å². The van der Waals surface area contributed by atoms with Crippen molar-refractivity contribution in [2.45, 2.75) is 17.1 Å². The van der Waals surface area contributed by atoms with E-state index in [1.165, 1.54) is 11.8 Å². The number of methoxy groups -OCH3 is 2. The zero-order chi connectivity index (χ0) is 17.7. The average Bonchev–Trinajstić information content (AvgIpc) is 2.57. The number of anilines is 1. The molecule has 0 aromatic heterocycles. The summed E-state index contributed by atoms with van der Waals surface area (Å²) in [6, 6.07) is 10.6. The second-order valence-electron chi connectivity index (χ2n) is 4.86. The van der Waals surface area contributed by atoms with E-state index in [0.29, 0.717) is 27.2 Å². The number of carbonyl (C=O) groups excluding carboxylic acids is 1. The third-order valence-electron chi connectivity index (χ3n) is 3.25. The number of thioether (sulfide) groups is 1. The number of amides is 1. The molecule has 0 saturated carbocycles. The van der Waals surface area contributed by atoms with Gasteiger partial charge in [0.2, 0.25) is 5.91 Å². The summed E-state index contributed by atoms with van der Waals surface area (Å²) in [5.74, 6) is 1.07. The summed E-state index contributed by atoms with van der Waals surface area (Å²) in [6.07, 6.45) is 0. The smallest absolute Gasteiger partial charge is 0.237 e. The van der Waals surface area contributed by atoms with Crippen LogP contribution >= 0.6 is 35.0 Å². The van der Waals surface area contributed by atoms with Gasteiger partial charge in [-0.1, -0.05) is 29.3 Å². The third kappa shape index (κ3) is 4.50. The number of halogens is 2.